The zero-order valence-corrected chi connectivity index (χ0v) is 18.2. The Kier molecular flexibility index (Phi) is 6.09. The molecule has 0 aliphatic carbocycles. The molecule has 0 fully saturated rings. The van der Waals surface area contributed by atoms with Crippen LogP contribution in [-0.4, -0.2) is 25.9 Å². The summed E-state index contributed by atoms with van der Waals surface area (Å²) in [5.41, 5.74) is 1.24. The van der Waals surface area contributed by atoms with E-state index in [-0.39, 0.29) is 10.6 Å². The fourth-order valence-electron chi connectivity index (χ4n) is 3.32. The van der Waals surface area contributed by atoms with Crippen molar-refractivity contribution in [2.75, 3.05) is 11.9 Å². The zero-order chi connectivity index (χ0) is 22.7. The van der Waals surface area contributed by atoms with Crippen molar-refractivity contribution in [2.45, 2.75) is 4.90 Å². The minimum Gasteiger partial charge on any atom is -0.320 e. The first-order valence-corrected chi connectivity index (χ1v) is 11.5. The molecule has 0 unspecified atom stereocenters. The summed E-state index contributed by atoms with van der Waals surface area (Å²) in [5.74, 6) is -0.687. The summed E-state index contributed by atoms with van der Waals surface area (Å²) in [6.07, 6.45) is 0. The van der Waals surface area contributed by atoms with Gasteiger partial charge in [0.05, 0.1) is 11.4 Å². The predicted octanol–water partition coefficient (Wildman–Crippen LogP) is 3.77. The van der Waals surface area contributed by atoms with E-state index in [1.165, 1.54) is 12.1 Å². The van der Waals surface area contributed by atoms with Crippen LogP contribution < -0.4 is 15.6 Å². The van der Waals surface area contributed by atoms with Gasteiger partial charge in [-0.15, -0.1) is 0 Å². The smallest absolute Gasteiger partial charge is 0.272 e. The summed E-state index contributed by atoms with van der Waals surface area (Å²) in [5, 5.41) is 3.67. The lowest BCUT2D eigenvalue weighted by molar-refractivity contribution is -0.115. The Morgan fingerprint density at radius 2 is 1.59 bits per heavy atom. The van der Waals surface area contributed by atoms with Crippen LogP contribution in [0.5, 0.6) is 0 Å². The van der Waals surface area contributed by atoms with Gasteiger partial charge in [-0.05, 0) is 35.9 Å². The van der Waals surface area contributed by atoms with Crippen molar-refractivity contribution in [1.82, 2.24) is 9.71 Å². The molecule has 0 spiro atoms. The Morgan fingerprint density at radius 3 is 2.28 bits per heavy atom. The molecule has 4 rings (SSSR count). The van der Waals surface area contributed by atoms with Gasteiger partial charge >= 0.3 is 0 Å². The molecular formula is C23H18ClN3O4S. The molecule has 0 saturated heterocycles. The van der Waals surface area contributed by atoms with E-state index in [1.807, 2.05) is 30.3 Å². The lowest BCUT2D eigenvalue weighted by Gasteiger charge is -2.14. The number of sulfonamides is 1. The predicted molar refractivity (Wildman–Crippen MR) is 125 cm³/mol. The lowest BCUT2D eigenvalue weighted by Crippen LogP contribution is -2.34. The number of amides is 1. The topological polar surface area (TPSA) is 108 Å². The number of benzene rings is 3. The number of rotatable bonds is 6. The largest absolute Gasteiger partial charge is 0.320 e. The number of carbonyl (C=O) groups is 1. The normalized spacial score (nSPS) is 11.4. The number of nitrogens with one attached hydrogen (secondary N) is 3. The molecule has 3 N–H and O–H groups in total. The molecule has 1 heterocycles. The first kappa shape index (κ1) is 21.8. The maximum atomic E-state index is 12.8. The highest BCUT2D eigenvalue weighted by molar-refractivity contribution is 7.89. The van der Waals surface area contributed by atoms with E-state index in [1.54, 1.807) is 36.4 Å². The van der Waals surface area contributed by atoms with E-state index in [2.05, 4.69) is 15.0 Å². The first-order chi connectivity index (χ1) is 15.3. The molecule has 3 aromatic carbocycles. The van der Waals surface area contributed by atoms with Crippen LogP contribution >= 0.6 is 11.6 Å². The maximum absolute atomic E-state index is 12.8. The van der Waals surface area contributed by atoms with Crippen molar-refractivity contribution in [3.05, 3.63) is 94.2 Å². The van der Waals surface area contributed by atoms with Gasteiger partial charge in [0.1, 0.15) is 5.69 Å². The molecule has 0 aliphatic rings. The Hall–Kier alpha value is -3.46. The van der Waals surface area contributed by atoms with Gasteiger partial charge in [0, 0.05) is 21.5 Å². The minimum absolute atomic E-state index is 0.00914. The monoisotopic (exact) mass is 467 g/mol. The Labute approximate surface area is 189 Å². The number of hydrogen-bond donors (Lipinski definition) is 3. The van der Waals surface area contributed by atoms with Crippen LogP contribution in [0, 0.1) is 0 Å². The van der Waals surface area contributed by atoms with Crippen molar-refractivity contribution >= 4 is 44.1 Å². The standard InChI is InChI=1S/C23H18ClN3O4S/c24-16-11-12-19-18(13-16)21(15-7-3-1-4-8-15)22(23(29)26-19)27-20(28)14-25-32(30,31)17-9-5-2-6-10-17/h1-13,25H,14H2,(H,26,29)(H,27,28). The van der Waals surface area contributed by atoms with Crippen molar-refractivity contribution in [1.29, 1.82) is 0 Å². The molecule has 0 atom stereocenters. The Morgan fingerprint density at radius 1 is 0.938 bits per heavy atom. The van der Waals surface area contributed by atoms with Crippen molar-refractivity contribution in [3.8, 4) is 11.1 Å². The van der Waals surface area contributed by atoms with E-state index in [4.69, 9.17) is 11.6 Å². The fraction of sp³-hybridized carbons (Fsp3) is 0.0435. The number of aromatic amines is 1. The number of hydrogen-bond acceptors (Lipinski definition) is 4. The molecule has 4 aromatic rings. The van der Waals surface area contributed by atoms with Gasteiger partial charge in [-0.3, -0.25) is 9.59 Å². The second kappa shape index (κ2) is 8.96. The summed E-state index contributed by atoms with van der Waals surface area (Å²) in [6, 6.07) is 21.8. The van der Waals surface area contributed by atoms with E-state index in [0.717, 1.165) is 0 Å². The molecule has 1 amide bonds. The van der Waals surface area contributed by atoms with Crippen LogP contribution in [0.25, 0.3) is 22.0 Å². The number of H-pyrrole nitrogens is 1. The number of fused-ring (bicyclic) bond motifs is 1. The summed E-state index contributed by atoms with van der Waals surface area (Å²) in [7, 11) is -3.87. The maximum Gasteiger partial charge on any atom is 0.272 e. The van der Waals surface area contributed by atoms with Crippen molar-refractivity contribution < 1.29 is 13.2 Å². The average Bonchev–Trinajstić information content (AvgIpc) is 2.80. The van der Waals surface area contributed by atoms with Crippen molar-refractivity contribution in [2.24, 2.45) is 0 Å². The lowest BCUT2D eigenvalue weighted by atomic mass is 9.99. The molecule has 7 nitrogen and oxygen atoms in total. The van der Waals surface area contributed by atoms with E-state index in [9.17, 15) is 18.0 Å². The molecule has 1 aromatic heterocycles. The highest BCUT2D eigenvalue weighted by Crippen LogP contribution is 2.33. The zero-order valence-electron chi connectivity index (χ0n) is 16.6. The molecular weight excluding hydrogens is 450 g/mol. The molecule has 32 heavy (non-hydrogen) atoms. The van der Waals surface area contributed by atoms with Gasteiger partial charge in [-0.1, -0.05) is 60.1 Å². The van der Waals surface area contributed by atoms with Gasteiger partial charge in [-0.2, -0.15) is 0 Å². The third kappa shape index (κ3) is 4.57. The summed E-state index contributed by atoms with van der Waals surface area (Å²) in [4.78, 5) is 28.2. The molecule has 0 radical (unpaired) electrons. The third-order valence-corrected chi connectivity index (χ3v) is 6.43. The number of halogens is 1. The van der Waals surface area contributed by atoms with Gasteiger partial charge < -0.3 is 10.3 Å². The summed E-state index contributed by atoms with van der Waals surface area (Å²) >= 11 is 6.18. The highest BCUT2D eigenvalue weighted by atomic mass is 35.5. The van der Waals surface area contributed by atoms with Crippen LogP contribution in [0.3, 0.4) is 0 Å². The number of pyridine rings is 1. The van der Waals surface area contributed by atoms with Crippen LogP contribution in [0.1, 0.15) is 0 Å². The fourth-order valence-corrected chi connectivity index (χ4v) is 4.49. The van der Waals surface area contributed by atoms with Gasteiger partial charge in [0.25, 0.3) is 5.56 Å². The first-order valence-electron chi connectivity index (χ1n) is 9.61. The Balaban J connectivity index is 1.69. The van der Waals surface area contributed by atoms with E-state index in [0.29, 0.717) is 27.1 Å². The molecule has 162 valence electrons. The quantitative estimate of drug-likeness (QED) is 0.401. The van der Waals surface area contributed by atoms with E-state index >= 15 is 0 Å². The van der Waals surface area contributed by atoms with Crippen LogP contribution in [0.2, 0.25) is 5.02 Å². The molecule has 9 heteroatoms. The van der Waals surface area contributed by atoms with Gasteiger partial charge in [-0.25, -0.2) is 13.1 Å². The molecule has 0 bridgehead atoms. The number of carbonyl (C=O) groups excluding carboxylic acids is 1. The molecule has 0 saturated carbocycles. The molecule has 0 aliphatic heterocycles. The summed E-state index contributed by atoms with van der Waals surface area (Å²) in [6.45, 7) is -0.543. The van der Waals surface area contributed by atoms with E-state index < -0.39 is 28.0 Å². The van der Waals surface area contributed by atoms with Gasteiger partial charge in [0.2, 0.25) is 15.9 Å². The van der Waals surface area contributed by atoms with Crippen molar-refractivity contribution in [3.63, 3.8) is 0 Å². The minimum atomic E-state index is -3.87. The SMILES string of the molecule is O=C(CNS(=O)(=O)c1ccccc1)Nc1c(-c2ccccc2)c2cc(Cl)ccc2[nH]c1=O. The van der Waals surface area contributed by atoms with Crippen LogP contribution in [-0.2, 0) is 14.8 Å². The van der Waals surface area contributed by atoms with Crippen LogP contribution in [0.4, 0.5) is 5.69 Å². The highest BCUT2D eigenvalue weighted by Gasteiger charge is 2.19. The number of anilines is 1. The average molecular weight is 468 g/mol. The van der Waals surface area contributed by atoms with Crippen LogP contribution in [0.15, 0.2) is 88.6 Å². The Bertz CT molecular complexity index is 1450. The summed E-state index contributed by atoms with van der Waals surface area (Å²) < 4.78 is 27.0. The second-order valence-corrected chi connectivity index (χ2v) is 9.15. The second-order valence-electron chi connectivity index (χ2n) is 6.95. The number of aromatic nitrogens is 1. The van der Waals surface area contributed by atoms with Gasteiger partial charge in [0.15, 0.2) is 0 Å². The third-order valence-electron chi connectivity index (χ3n) is 4.78.